The maximum atomic E-state index is 13.2. The predicted molar refractivity (Wildman–Crippen MR) is 68.5 cm³/mol. The van der Waals surface area contributed by atoms with Crippen molar-refractivity contribution >= 4 is 5.69 Å². The van der Waals surface area contributed by atoms with Gasteiger partial charge in [0.1, 0.15) is 5.82 Å². The van der Waals surface area contributed by atoms with E-state index in [9.17, 15) is 4.39 Å². The number of benzene rings is 1. The van der Waals surface area contributed by atoms with Crippen molar-refractivity contribution in [1.82, 2.24) is 0 Å². The summed E-state index contributed by atoms with van der Waals surface area (Å²) < 4.78 is 13.2. The summed E-state index contributed by atoms with van der Waals surface area (Å²) in [7, 11) is 0. The van der Waals surface area contributed by atoms with Gasteiger partial charge in [0.15, 0.2) is 0 Å². The summed E-state index contributed by atoms with van der Waals surface area (Å²) >= 11 is 0. The van der Waals surface area contributed by atoms with Gasteiger partial charge in [-0.15, -0.1) is 0 Å². The zero-order chi connectivity index (χ0) is 12.2. The quantitative estimate of drug-likeness (QED) is 0.717. The van der Waals surface area contributed by atoms with Crippen molar-refractivity contribution in [3.05, 3.63) is 30.1 Å². The Morgan fingerprint density at radius 2 is 1.82 bits per heavy atom. The number of hydrogen-bond donors (Lipinski definition) is 0. The normalized spacial score (nSPS) is 31.5. The standard InChI is InChI=1S/C15H20FN/c1-15(2,3)14-12-8-17(9-13(12)14)11-6-4-5-10(16)7-11/h4-7,12-14H,8-9H2,1-3H3. The summed E-state index contributed by atoms with van der Waals surface area (Å²) in [5, 5.41) is 0. The third-order valence-corrected chi connectivity index (χ3v) is 4.37. The molecule has 0 radical (unpaired) electrons. The van der Waals surface area contributed by atoms with Crippen LogP contribution in [-0.4, -0.2) is 13.1 Å². The molecule has 1 heterocycles. The van der Waals surface area contributed by atoms with Crippen LogP contribution in [0.2, 0.25) is 0 Å². The van der Waals surface area contributed by atoms with Gasteiger partial charge in [-0.3, -0.25) is 0 Å². The highest BCUT2D eigenvalue weighted by Crippen LogP contribution is 2.60. The molecule has 1 aliphatic heterocycles. The molecule has 2 heteroatoms. The van der Waals surface area contributed by atoms with E-state index in [-0.39, 0.29) is 5.82 Å². The SMILES string of the molecule is CC(C)(C)C1C2CN(c3cccc(F)c3)CC21. The lowest BCUT2D eigenvalue weighted by Gasteiger charge is -2.27. The molecule has 2 unspecified atom stereocenters. The number of halogens is 1. The fourth-order valence-corrected chi connectivity index (χ4v) is 3.69. The lowest BCUT2D eigenvalue weighted by Crippen LogP contribution is -2.27. The summed E-state index contributed by atoms with van der Waals surface area (Å²) in [6, 6.07) is 6.98. The Hall–Kier alpha value is -1.05. The third-order valence-electron chi connectivity index (χ3n) is 4.37. The molecule has 1 aliphatic carbocycles. The topological polar surface area (TPSA) is 3.24 Å². The molecule has 0 spiro atoms. The van der Waals surface area contributed by atoms with Gasteiger partial charge in [0, 0.05) is 18.8 Å². The first-order valence-corrected chi connectivity index (χ1v) is 6.47. The molecule has 2 atom stereocenters. The first kappa shape index (κ1) is 11.1. The second-order valence-corrected chi connectivity index (χ2v) is 6.60. The van der Waals surface area contributed by atoms with Crippen LogP contribution in [0.1, 0.15) is 20.8 Å². The fourth-order valence-electron chi connectivity index (χ4n) is 3.69. The summed E-state index contributed by atoms with van der Waals surface area (Å²) in [6.45, 7) is 9.22. The zero-order valence-electron chi connectivity index (χ0n) is 10.8. The monoisotopic (exact) mass is 233 g/mol. The van der Waals surface area contributed by atoms with E-state index in [2.05, 4.69) is 25.7 Å². The van der Waals surface area contributed by atoms with Crippen LogP contribution in [0.4, 0.5) is 10.1 Å². The van der Waals surface area contributed by atoms with E-state index in [1.165, 1.54) is 6.07 Å². The minimum atomic E-state index is -0.129. The molecule has 0 N–H and O–H groups in total. The van der Waals surface area contributed by atoms with Crippen molar-refractivity contribution in [3.63, 3.8) is 0 Å². The lowest BCUT2D eigenvalue weighted by molar-refractivity contribution is 0.309. The van der Waals surface area contributed by atoms with E-state index in [1.54, 1.807) is 12.1 Å². The minimum Gasteiger partial charge on any atom is -0.371 e. The number of piperidine rings is 1. The van der Waals surface area contributed by atoms with Crippen molar-refractivity contribution in [2.75, 3.05) is 18.0 Å². The van der Waals surface area contributed by atoms with Crippen LogP contribution in [0.5, 0.6) is 0 Å². The van der Waals surface area contributed by atoms with E-state index in [1.807, 2.05) is 6.07 Å². The van der Waals surface area contributed by atoms with Gasteiger partial charge in [-0.25, -0.2) is 4.39 Å². The van der Waals surface area contributed by atoms with E-state index in [4.69, 9.17) is 0 Å². The Balaban J connectivity index is 1.70. The Labute approximate surface area is 103 Å². The minimum absolute atomic E-state index is 0.129. The molecule has 1 aromatic rings. The Morgan fingerprint density at radius 1 is 1.18 bits per heavy atom. The Kier molecular flexibility index (Phi) is 2.26. The summed E-state index contributed by atoms with van der Waals surface area (Å²) in [5.41, 5.74) is 1.48. The zero-order valence-corrected chi connectivity index (χ0v) is 10.8. The second kappa shape index (κ2) is 3.47. The molecule has 1 saturated heterocycles. The van der Waals surface area contributed by atoms with E-state index in [0.717, 1.165) is 36.5 Å². The molecule has 0 aromatic heterocycles. The van der Waals surface area contributed by atoms with Crippen LogP contribution in [0.3, 0.4) is 0 Å². The molecule has 1 saturated carbocycles. The van der Waals surface area contributed by atoms with Crippen LogP contribution < -0.4 is 4.90 Å². The smallest absolute Gasteiger partial charge is 0.125 e. The highest BCUT2D eigenvalue weighted by atomic mass is 19.1. The van der Waals surface area contributed by atoms with Gasteiger partial charge in [-0.2, -0.15) is 0 Å². The average Bonchev–Trinajstić information content (AvgIpc) is 2.77. The maximum absolute atomic E-state index is 13.2. The number of hydrogen-bond acceptors (Lipinski definition) is 1. The van der Waals surface area contributed by atoms with Gasteiger partial charge in [-0.1, -0.05) is 26.8 Å². The van der Waals surface area contributed by atoms with Gasteiger partial charge in [0.2, 0.25) is 0 Å². The van der Waals surface area contributed by atoms with E-state index < -0.39 is 0 Å². The maximum Gasteiger partial charge on any atom is 0.125 e. The summed E-state index contributed by atoms with van der Waals surface area (Å²) in [4.78, 5) is 2.33. The van der Waals surface area contributed by atoms with Crippen LogP contribution in [0, 0.1) is 29.0 Å². The van der Waals surface area contributed by atoms with E-state index >= 15 is 0 Å². The molecular formula is C15H20FN. The molecule has 1 nitrogen and oxygen atoms in total. The van der Waals surface area contributed by atoms with Crippen molar-refractivity contribution in [1.29, 1.82) is 0 Å². The Bertz CT molecular complexity index is 423. The average molecular weight is 233 g/mol. The lowest BCUT2D eigenvalue weighted by atomic mass is 9.87. The number of fused-ring (bicyclic) bond motifs is 1. The molecule has 0 amide bonds. The van der Waals surface area contributed by atoms with Crippen LogP contribution in [0.25, 0.3) is 0 Å². The molecule has 17 heavy (non-hydrogen) atoms. The fraction of sp³-hybridized carbons (Fsp3) is 0.600. The molecule has 3 rings (SSSR count). The van der Waals surface area contributed by atoms with Gasteiger partial charge < -0.3 is 4.90 Å². The van der Waals surface area contributed by atoms with E-state index in [0.29, 0.717) is 5.41 Å². The third kappa shape index (κ3) is 1.84. The van der Waals surface area contributed by atoms with Crippen molar-refractivity contribution < 1.29 is 4.39 Å². The Morgan fingerprint density at radius 3 is 2.35 bits per heavy atom. The summed E-state index contributed by atoms with van der Waals surface area (Å²) in [5.74, 6) is 2.40. The molecule has 92 valence electrons. The first-order chi connectivity index (χ1) is 7.97. The summed E-state index contributed by atoms with van der Waals surface area (Å²) in [6.07, 6.45) is 0. The highest BCUT2D eigenvalue weighted by Gasteiger charge is 2.59. The largest absolute Gasteiger partial charge is 0.371 e. The number of rotatable bonds is 1. The molecular weight excluding hydrogens is 213 g/mol. The van der Waals surface area contributed by atoms with Crippen LogP contribution in [0.15, 0.2) is 24.3 Å². The molecule has 2 aliphatic rings. The number of anilines is 1. The molecule has 2 fully saturated rings. The van der Waals surface area contributed by atoms with Crippen molar-refractivity contribution in [2.24, 2.45) is 23.2 Å². The molecule has 1 aromatic carbocycles. The van der Waals surface area contributed by atoms with Gasteiger partial charge in [0.25, 0.3) is 0 Å². The molecule has 0 bridgehead atoms. The van der Waals surface area contributed by atoms with Gasteiger partial charge in [0.05, 0.1) is 0 Å². The van der Waals surface area contributed by atoms with Gasteiger partial charge in [-0.05, 0) is 41.4 Å². The number of nitrogens with zero attached hydrogens (tertiary/aromatic N) is 1. The van der Waals surface area contributed by atoms with Crippen molar-refractivity contribution in [3.8, 4) is 0 Å². The van der Waals surface area contributed by atoms with Gasteiger partial charge >= 0.3 is 0 Å². The second-order valence-electron chi connectivity index (χ2n) is 6.60. The van der Waals surface area contributed by atoms with Crippen LogP contribution in [-0.2, 0) is 0 Å². The van der Waals surface area contributed by atoms with Crippen molar-refractivity contribution in [2.45, 2.75) is 20.8 Å². The first-order valence-electron chi connectivity index (χ1n) is 6.47. The highest BCUT2D eigenvalue weighted by molar-refractivity contribution is 5.49. The van der Waals surface area contributed by atoms with Crippen LogP contribution >= 0.6 is 0 Å². The predicted octanol–water partition coefficient (Wildman–Crippen LogP) is 3.55.